The lowest BCUT2D eigenvalue weighted by atomic mass is 10.1. The number of unbranched alkanes of at least 4 members (excludes halogenated alkanes) is 4. The summed E-state index contributed by atoms with van der Waals surface area (Å²) in [4.78, 5) is 13.1. The predicted molar refractivity (Wildman–Crippen MR) is 118 cm³/mol. The molecule has 2 atom stereocenters. The van der Waals surface area contributed by atoms with Gasteiger partial charge in [0, 0.05) is 0 Å². The van der Waals surface area contributed by atoms with Crippen molar-refractivity contribution in [2.24, 2.45) is 0 Å². The maximum Gasteiger partial charge on any atom is 0.295 e. The Morgan fingerprint density at radius 2 is 1.32 bits per heavy atom. The lowest BCUT2D eigenvalue weighted by Gasteiger charge is -2.38. The molecule has 0 aliphatic carbocycles. The van der Waals surface area contributed by atoms with Crippen molar-refractivity contribution in [1.82, 2.24) is 0 Å². The first-order valence-electron chi connectivity index (χ1n) is 10.1. The Kier molecular flexibility index (Phi) is 10.5. The number of rotatable bonds is 12. The van der Waals surface area contributed by atoms with E-state index in [9.17, 15) is 4.79 Å². The number of carbonyl (C=O) groups excluding carboxylic acids is 1. The van der Waals surface area contributed by atoms with Crippen molar-refractivity contribution in [2.75, 3.05) is 0 Å². The average molecular weight is 405 g/mol. The van der Waals surface area contributed by atoms with Gasteiger partial charge in [-0.3, -0.25) is 4.79 Å². The van der Waals surface area contributed by atoms with Crippen molar-refractivity contribution in [3.63, 3.8) is 0 Å². The van der Waals surface area contributed by atoms with Crippen LogP contribution in [0.25, 0.3) is 0 Å². The van der Waals surface area contributed by atoms with Gasteiger partial charge in [0.2, 0.25) is 8.32 Å². The molecule has 0 aromatic heterocycles. The summed E-state index contributed by atoms with van der Waals surface area (Å²) in [6.07, 6.45) is 7.25. The molecule has 0 rings (SSSR count). The Labute approximate surface area is 160 Å². The summed E-state index contributed by atoms with van der Waals surface area (Å²) >= 11 is 0. The highest BCUT2D eigenvalue weighted by Crippen LogP contribution is 2.34. The van der Waals surface area contributed by atoms with Gasteiger partial charge < -0.3 is 8.85 Å². The molecule has 0 fully saturated rings. The van der Waals surface area contributed by atoms with Crippen LogP contribution < -0.4 is 0 Å². The molecule has 0 aliphatic rings. The molecule has 150 valence electrons. The van der Waals surface area contributed by atoms with Crippen molar-refractivity contribution >= 4 is 30.7 Å². The van der Waals surface area contributed by atoms with E-state index in [-0.39, 0.29) is 17.6 Å². The van der Waals surface area contributed by atoms with Gasteiger partial charge in [0.25, 0.3) is 5.97 Å². The number of carbonyl (C=O) groups is 1. The zero-order valence-corrected chi connectivity index (χ0v) is 21.6. The largest absolute Gasteiger partial charge is 0.520 e. The molecular weight excluding hydrogens is 360 g/mol. The molecule has 0 spiro atoms. The molecule has 0 aromatic rings. The molecule has 0 radical (unpaired) electrons. The first-order chi connectivity index (χ1) is 11.2. The summed E-state index contributed by atoms with van der Waals surface area (Å²) < 4.78 is 12.5. The summed E-state index contributed by atoms with van der Waals surface area (Å²) in [7, 11) is -5.35. The van der Waals surface area contributed by atoms with E-state index >= 15 is 0 Å². The molecule has 0 bridgehead atoms. The van der Waals surface area contributed by atoms with E-state index in [1.807, 2.05) is 0 Å². The van der Waals surface area contributed by atoms with Crippen LogP contribution in [-0.4, -0.2) is 36.8 Å². The summed E-state index contributed by atoms with van der Waals surface area (Å²) in [6.45, 7) is 22.0. The fourth-order valence-electron chi connectivity index (χ4n) is 3.13. The average Bonchev–Trinajstić information content (AvgIpc) is 2.32. The van der Waals surface area contributed by atoms with E-state index in [4.69, 9.17) is 8.85 Å². The first kappa shape index (κ1) is 25.1. The quantitative estimate of drug-likeness (QED) is 0.270. The Balaban J connectivity index is 5.28. The van der Waals surface area contributed by atoms with E-state index < -0.39 is 24.7 Å². The Bertz CT molecular complexity index is 392. The zero-order chi connectivity index (χ0) is 19.9. The van der Waals surface area contributed by atoms with Gasteiger partial charge in [-0.2, -0.15) is 0 Å². The van der Waals surface area contributed by atoms with Gasteiger partial charge in [-0.1, -0.05) is 58.7 Å². The van der Waals surface area contributed by atoms with Crippen molar-refractivity contribution in [2.45, 2.75) is 116 Å². The molecule has 0 N–H and O–H groups in total. The molecule has 0 heterocycles. The summed E-state index contributed by atoms with van der Waals surface area (Å²) in [6, 6.07) is 0. The smallest absolute Gasteiger partial charge is 0.295 e. The normalized spacial score (nSPS) is 15.8. The van der Waals surface area contributed by atoms with Crippen molar-refractivity contribution in [3.05, 3.63) is 0 Å². The maximum absolute atomic E-state index is 13.1. The molecule has 6 heteroatoms. The minimum absolute atomic E-state index is 0.00939. The Hall–Kier alpha value is 0.0806. The van der Waals surface area contributed by atoms with E-state index in [1.165, 1.54) is 25.7 Å². The molecule has 0 amide bonds. The van der Waals surface area contributed by atoms with Gasteiger partial charge in [0.05, 0.1) is 19.7 Å². The minimum atomic E-state index is -1.89. The Morgan fingerprint density at radius 3 is 1.72 bits per heavy atom. The topological polar surface area (TPSA) is 35.5 Å². The van der Waals surface area contributed by atoms with Crippen LogP contribution in [0.1, 0.15) is 45.4 Å². The monoisotopic (exact) mass is 404 g/mol. The summed E-state index contributed by atoms with van der Waals surface area (Å²) in [5.74, 6) is 0.00939. The van der Waals surface area contributed by atoms with Crippen LogP contribution in [-0.2, 0) is 13.6 Å². The van der Waals surface area contributed by atoms with Gasteiger partial charge in [0.1, 0.15) is 0 Å². The second kappa shape index (κ2) is 10.4. The van der Waals surface area contributed by atoms with Gasteiger partial charge in [0.15, 0.2) is 8.32 Å². The fourth-order valence-corrected chi connectivity index (χ4v) is 7.39. The van der Waals surface area contributed by atoms with Gasteiger partial charge in [-0.05, 0) is 45.7 Å². The summed E-state index contributed by atoms with van der Waals surface area (Å²) in [5, 5.41) is 0. The maximum atomic E-state index is 13.1. The fraction of sp³-hybridized carbons (Fsp3) is 0.947. The molecular formula is C19H44O3Si3. The molecule has 0 aliphatic heterocycles. The van der Waals surface area contributed by atoms with Crippen molar-refractivity contribution in [3.8, 4) is 0 Å². The van der Waals surface area contributed by atoms with E-state index in [0.717, 1.165) is 12.8 Å². The zero-order valence-electron chi connectivity index (χ0n) is 18.6. The molecule has 0 aromatic carbocycles. The van der Waals surface area contributed by atoms with Gasteiger partial charge in [-0.25, -0.2) is 0 Å². The van der Waals surface area contributed by atoms with Crippen LogP contribution in [0.2, 0.25) is 64.5 Å². The van der Waals surface area contributed by atoms with Crippen LogP contribution in [0.5, 0.6) is 0 Å². The molecule has 0 unspecified atom stereocenters. The second-order valence-electron chi connectivity index (χ2n) is 10.3. The molecule has 3 nitrogen and oxygen atoms in total. The minimum Gasteiger partial charge on any atom is -0.520 e. The number of hydrogen-bond acceptors (Lipinski definition) is 3. The lowest BCUT2D eigenvalue weighted by Crippen LogP contribution is -2.48. The second-order valence-corrected chi connectivity index (χ2v) is 24.6. The highest BCUT2D eigenvalue weighted by molar-refractivity contribution is 6.81. The van der Waals surface area contributed by atoms with E-state index in [0.29, 0.717) is 0 Å². The first-order valence-corrected chi connectivity index (χ1v) is 20.5. The van der Waals surface area contributed by atoms with Crippen LogP contribution in [0.3, 0.4) is 0 Å². The predicted octanol–water partition coefficient (Wildman–Crippen LogP) is 6.65. The third kappa shape index (κ3) is 12.2. The standard InChI is InChI=1S/C19H44O3Si3/c1-11-12-13-14-15-16-17(21-24(5,6)7)18(23(2,3)4)19(20)22-25(8,9)10/h17-18H,11-16H2,1-10H3/t17-,18-/m0/s1. The molecule has 0 saturated carbocycles. The number of hydrogen-bond donors (Lipinski definition) is 0. The van der Waals surface area contributed by atoms with Crippen LogP contribution in [0.4, 0.5) is 0 Å². The third-order valence-corrected chi connectivity index (χ3v) is 8.36. The van der Waals surface area contributed by atoms with Crippen LogP contribution >= 0.6 is 0 Å². The van der Waals surface area contributed by atoms with Gasteiger partial charge in [-0.15, -0.1) is 0 Å². The van der Waals surface area contributed by atoms with E-state index in [1.54, 1.807) is 0 Å². The Morgan fingerprint density at radius 1 is 0.800 bits per heavy atom. The van der Waals surface area contributed by atoms with Crippen molar-refractivity contribution < 1.29 is 13.6 Å². The van der Waals surface area contributed by atoms with Gasteiger partial charge >= 0.3 is 0 Å². The van der Waals surface area contributed by atoms with E-state index in [2.05, 4.69) is 65.8 Å². The van der Waals surface area contributed by atoms with Crippen molar-refractivity contribution in [1.29, 1.82) is 0 Å². The lowest BCUT2D eigenvalue weighted by molar-refractivity contribution is -0.137. The SMILES string of the molecule is CCCCCCC[C@H](O[Si](C)(C)C)[C@@H](C(=O)O[Si](C)(C)C)[Si](C)(C)C. The molecule has 0 saturated heterocycles. The van der Waals surface area contributed by atoms with Crippen LogP contribution in [0.15, 0.2) is 0 Å². The van der Waals surface area contributed by atoms with Crippen LogP contribution in [0, 0.1) is 0 Å². The molecule has 25 heavy (non-hydrogen) atoms. The third-order valence-electron chi connectivity index (χ3n) is 4.06. The highest BCUT2D eigenvalue weighted by Gasteiger charge is 2.43. The highest BCUT2D eigenvalue weighted by atomic mass is 28.4. The summed E-state index contributed by atoms with van der Waals surface area (Å²) in [5.41, 5.74) is -0.0582.